The van der Waals surface area contributed by atoms with Crippen LogP contribution in [0.15, 0.2) is 53.9 Å². The molecule has 1 aromatic heterocycles. The van der Waals surface area contributed by atoms with E-state index in [2.05, 4.69) is 21.7 Å². The Morgan fingerprint density at radius 2 is 1.77 bits per heavy atom. The predicted molar refractivity (Wildman–Crippen MR) is 140 cm³/mol. The van der Waals surface area contributed by atoms with Crippen molar-refractivity contribution in [2.45, 2.75) is 51.9 Å². The number of anilines is 1. The van der Waals surface area contributed by atoms with Gasteiger partial charge in [0.05, 0.1) is 5.01 Å². The molecule has 0 unspecified atom stereocenters. The molecule has 0 aliphatic heterocycles. The van der Waals surface area contributed by atoms with Crippen molar-refractivity contribution >= 4 is 34.6 Å². The second-order valence-electron chi connectivity index (χ2n) is 9.19. The van der Waals surface area contributed by atoms with E-state index in [-0.39, 0.29) is 29.4 Å². The Kier molecular flexibility index (Phi) is 8.08. The predicted octanol–water partition coefficient (Wildman–Crippen LogP) is 5.74. The van der Waals surface area contributed by atoms with Crippen LogP contribution in [0, 0.1) is 12.8 Å². The Labute approximate surface area is 210 Å². The van der Waals surface area contributed by atoms with E-state index in [9.17, 15) is 14.4 Å². The maximum Gasteiger partial charge on any atom is 0.275 e. The molecule has 182 valence electrons. The van der Waals surface area contributed by atoms with Gasteiger partial charge < -0.3 is 10.6 Å². The zero-order chi connectivity index (χ0) is 24.8. The lowest BCUT2D eigenvalue weighted by molar-refractivity contribution is -0.124. The highest BCUT2D eigenvalue weighted by Gasteiger charge is 2.28. The van der Waals surface area contributed by atoms with E-state index in [4.69, 9.17) is 0 Å². The Bertz CT molecular complexity index is 1200. The van der Waals surface area contributed by atoms with Crippen molar-refractivity contribution in [3.63, 3.8) is 0 Å². The lowest BCUT2D eigenvalue weighted by Crippen LogP contribution is -2.27. The normalized spacial score (nSPS) is 17.5. The number of hydrogen-bond donors (Lipinski definition) is 2. The van der Waals surface area contributed by atoms with Gasteiger partial charge in [-0.1, -0.05) is 42.0 Å². The van der Waals surface area contributed by atoms with Crippen molar-refractivity contribution in [2.75, 3.05) is 11.9 Å². The van der Waals surface area contributed by atoms with Gasteiger partial charge in [-0.15, -0.1) is 11.3 Å². The van der Waals surface area contributed by atoms with Crippen molar-refractivity contribution in [1.82, 2.24) is 10.3 Å². The van der Waals surface area contributed by atoms with E-state index >= 15 is 0 Å². The van der Waals surface area contributed by atoms with E-state index in [1.165, 1.54) is 18.3 Å². The van der Waals surface area contributed by atoms with E-state index in [0.29, 0.717) is 18.7 Å². The van der Waals surface area contributed by atoms with Crippen molar-refractivity contribution in [2.24, 2.45) is 5.92 Å². The number of amides is 2. The molecule has 0 bridgehead atoms. The topological polar surface area (TPSA) is 88.2 Å². The molecule has 2 amide bonds. The molecule has 0 saturated heterocycles. The molecule has 1 aliphatic carbocycles. The summed E-state index contributed by atoms with van der Waals surface area (Å²) in [6, 6.07) is 16.0. The molecule has 35 heavy (non-hydrogen) atoms. The van der Waals surface area contributed by atoms with E-state index in [1.807, 2.05) is 54.8 Å². The van der Waals surface area contributed by atoms with Crippen molar-refractivity contribution < 1.29 is 14.4 Å². The fourth-order valence-corrected chi connectivity index (χ4v) is 5.59. The number of aromatic nitrogens is 1. The number of rotatable bonds is 8. The Balaban J connectivity index is 1.36. The van der Waals surface area contributed by atoms with E-state index in [1.54, 1.807) is 0 Å². The number of carbonyl (C=O) groups is 3. The summed E-state index contributed by atoms with van der Waals surface area (Å²) in [5.74, 6) is 0.240. The number of aryl methyl sites for hydroxylation is 1. The molecule has 4 rings (SSSR count). The minimum Gasteiger partial charge on any atom is -0.356 e. The number of thiazole rings is 1. The summed E-state index contributed by atoms with van der Waals surface area (Å²) in [4.78, 5) is 41.1. The summed E-state index contributed by atoms with van der Waals surface area (Å²) >= 11 is 1.52. The van der Waals surface area contributed by atoms with Gasteiger partial charge in [0.25, 0.3) is 5.91 Å². The van der Waals surface area contributed by atoms with Crippen LogP contribution in [0.1, 0.15) is 66.0 Å². The SMILES string of the molecule is CC(=O)NCCC(=O)C1CCC(c2nc(C(=O)Nc3ccc(C)cc3-c3ccccc3)cs2)CC1. The standard InChI is InChI=1S/C28H31N3O3S/c1-18-8-13-24(23(16-18)20-6-4-3-5-7-20)30-27(34)25-17-35-28(31-25)22-11-9-21(10-12-22)26(33)14-15-29-19(2)32/h3-8,13,16-17,21-22H,9-12,14-15H2,1-2H3,(H,29,32)(H,30,34). The first-order chi connectivity index (χ1) is 16.9. The molecule has 1 saturated carbocycles. The Morgan fingerprint density at radius 1 is 1.03 bits per heavy atom. The van der Waals surface area contributed by atoms with Gasteiger partial charge in [0.2, 0.25) is 5.91 Å². The molecule has 1 heterocycles. The first kappa shape index (κ1) is 24.8. The van der Waals surface area contributed by atoms with Crippen LogP contribution in [0.5, 0.6) is 0 Å². The average molecular weight is 490 g/mol. The third-order valence-electron chi connectivity index (χ3n) is 6.54. The molecular weight excluding hydrogens is 458 g/mol. The molecule has 2 aromatic carbocycles. The van der Waals surface area contributed by atoms with Crippen LogP contribution >= 0.6 is 11.3 Å². The largest absolute Gasteiger partial charge is 0.356 e. The molecule has 7 heteroatoms. The molecule has 1 fully saturated rings. The van der Waals surface area contributed by atoms with Crippen LogP contribution in [0.2, 0.25) is 0 Å². The summed E-state index contributed by atoms with van der Waals surface area (Å²) in [7, 11) is 0. The molecule has 0 radical (unpaired) electrons. The zero-order valence-corrected chi connectivity index (χ0v) is 21.0. The minimum absolute atomic E-state index is 0.0562. The lowest BCUT2D eigenvalue weighted by atomic mass is 9.79. The number of hydrogen-bond acceptors (Lipinski definition) is 5. The first-order valence-corrected chi connectivity index (χ1v) is 13.0. The minimum atomic E-state index is -0.213. The van der Waals surface area contributed by atoms with Gasteiger partial charge in [-0.3, -0.25) is 14.4 Å². The van der Waals surface area contributed by atoms with Gasteiger partial charge in [0.15, 0.2) is 0 Å². The number of carbonyl (C=O) groups excluding carboxylic acids is 3. The summed E-state index contributed by atoms with van der Waals surface area (Å²) in [6.45, 7) is 3.91. The molecule has 3 aromatic rings. The maximum atomic E-state index is 13.0. The third kappa shape index (κ3) is 6.42. The van der Waals surface area contributed by atoms with Crippen LogP contribution in [0.25, 0.3) is 11.1 Å². The van der Waals surface area contributed by atoms with Crippen molar-refractivity contribution in [1.29, 1.82) is 0 Å². The number of nitrogens with one attached hydrogen (secondary N) is 2. The van der Waals surface area contributed by atoms with Crippen molar-refractivity contribution in [3.05, 3.63) is 70.2 Å². The van der Waals surface area contributed by atoms with Crippen molar-refractivity contribution in [3.8, 4) is 11.1 Å². The van der Waals surface area contributed by atoms with Crippen LogP contribution < -0.4 is 10.6 Å². The highest BCUT2D eigenvalue weighted by atomic mass is 32.1. The molecule has 1 aliphatic rings. The lowest BCUT2D eigenvalue weighted by Gasteiger charge is -2.26. The van der Waals surface area contributed by atoms with E-state index < -0.39 is 0 Å². The summed E-state index contributed by atoms with van der Waals surface area (Å²) < 4.78 is 0. The number of Topliss-reactive ketones (excluding diaryl/α,β-unsaturated/α-hetero) is 1. The summed E-state index contributed by atoms with van der Waals surface area (Å²) in [5.41, 5.74) is 4.35. The van der Waals surface area contributed by atoms with Crippen LogP contribution in [-0.4, -0.2) is 29.1 Å². The van der Waals surface area contributed by atoms with Gasteiger partial charge >= 0.3 is 0 Å². The molecule has 0 spiro atoms. The van der Waals surface area contributed by atoms with E-state index in [0.717, 1.165) is 53.1 Å². The second-order valence-corrected chi connectivity index (χ2v) is 10.1. The average Bonchev–Trinajstić information content (AvgIpc) is 3.36. The molecule has 2 N–H and O–H groups in total. The molecule has 0 atom stereocenters. The number of nitrogens with zero attached hydrogens (tertiary/aromatic N) is 1. The highest BCUT2D eigenvalue weighted by Crippen LogP contribution is 2.38. The van der Waals surface area contributed by atoms with Gasteiger partial charge in [0, 0.05) is 48.4 Å². The molecular formula is C28H31N3O3S. The molecule has 6 nitrogen and oxygen atoms in total. The van der Waals surface area contributed by atoms with Gasteiger partial charge in [-0.2, -0.15) is 0 Å². The monoisotopic (exact) mass is 489 g/mol. The fraction of sp³-hybridized carbons (Fsp3) is 0.357. The van der Waals surface area contributed by atoms with Crippen LogP contribution in [-0.2, 0) is 9.59 Å². The van der Waals surface area contributed by atoms with Gasteiger partial charge in [0.1, 0.15) is 11.5 Å². The zero-order valence-electron chi connectivity index (χ0n) is 20.2. The summed E-state index contributed by atoms with van der Waals surface area (Å²) in [5, 5.41) is 8.53. The van der Waals surface area contributed by atoms with Gasteiger partial charge in [-0.05, 0) is 50.3 Å². The maximum absolute atomic E-state index is 13.0. The first-order valence-electron chi connectivity index (χ1n) is 12.1. The quantitative estimate of drug-likeness (QED) is 0.422. The van der Waals surface area contributed by atoms with Crippen LogP contribution in [0.3, 0.4) is 0 Å². The van der Waals surface area contributed by atoms with Gasteiger partial charge in [-0.25, -0.2) is 4.98 Å². The second kappa shape index (κ2) is 11.4. The number of ketones is 1. The van der Waals surface area contributed by atoms with Crippen LogP contribution in [0.4, 0.5) is 5.69 Å². The Morgan fingerprint density at radius 3 is 2.49 bits per heavy atom. The number of benzene rings is 2. The Hall–Kier alpha value is -3.32. The summed E-state index contributed by atoms with van der Waals surface area (Å²) in [6.07, 6.45) is 3.83. The fourth-order valence-electron chi connectivity index (χ4n) is 4.62. The third-order valence-corrected chi connectivity index (χ3v) is 7.55. The highest BCUT2D eigenvalue weighted by molar-refractivity contribution is 7.10. The smallest absolute Gasteiger partial charge is 0.275 e.